The van der Waals surface area contributed by atoms with Crippen LogP contribution in [0.1, 0.15) is 86.6 Å². The van der Waals surface area contributed by atoms with E-state index in [9.17, 15) is 0 Å². The first-order valence-corrected chi connectivity index (χ1v) is 10.4. The van der Waals surface area contributed by atoms with Crippen LogP contribution >= 0.6 is 24.2 Å². The minimum absolute atomic E-state index is 0.746. The SMILES string of the molecule is NS.c1cc(C2CCCCC2)c2nc(C3CCCCC3)sc2c1. The third-order valence-electron chi connectivity index (χ3n) is 5.47. The molecule has 2 saturated carbocycles. The first-order valence-electron chi connectivity index (χ1n) is 9.07. The maximum Gasteiger partial charge on any atom is 0.0969 e. The molecule has 2 nitrogen and oxygen atoms in total. The summed E-state index contributed by atoms with van der Waals surface area (Å²) in [5.41, 5.74) is 2.89. The number of hydrogen-bond acceptors (Lipinski definition) is 4. The van der Waals surface area contributed by atoms with Crippen LogP contribution < -0.4 is 5.14 Å². The Hall–Kier alpha value is -0.580. The van der Waals surface area contributed by atoms with Crippen molar-refractivity contribution < 1.29 is 0 Å². The number of nitrogens with zero attached hydrogens (tertiary/aromatic N) is 1. The lowest BCUT2D eigenvalue weighted by Crippen LogP contribution is -2.06. The van der Waals surface area contributed by atoms with Crippen LogP contribution in [-0.2, 0) is 0 Å². The number of nitrogens with two attached hydrogens (primary N) is 1. The number of para-hydroxylation sites is 1. The van der Waals surface area contributed by atoms with Crippen molar-refractivity contribution in [3.05, 3.63) is 28.8 Å². The van der Waals surface area contributed by atoms with E-state index in [4.69, 9.17) is 4.98 Å². The summed E-state index contributed by atoms with van der Waals surface area (Å²) >= 11 is 5.00. The van der Waals surface area contributed by atoms with Gasteiger partial charge in [-0.2, -0.15) is 0 Å². The Bertz CT molecular complexity index is 611. The van der Waals surface area contributed by atoms with Gasteiger partial charge in [0.2, 0.25) is 0 Å². The molecule has 23 heavy (non-hydrogen) atoms. The molecule has 0 bridgehead atoms. The lowest BCUT2D eigenvalue weighted by molar-refractivity contribution is 0.441. The van der Waals surface area contributed by atoms with Crippen molar-refractivity contribution in [2.24, 2.45) is 5.14 Å². The molecule has 1 aromatic heterocycles. The number of thiol groups is 1. The van der Waals surface area contributed by atoms with Crippen molar-refractivity contribution in [3.8, 4) is 0 Å². The Morgan fingerprint density at radius 1 is 0.870 bits per heavy atom. The van der Waals surface area contributed by atoms with Crippen LogP contribution in [0, 0.1) is 0 Å². The maximum absolute atomic E-state index is 5.13. The fourth-order valence-corrected chi connectivity index (χ4v) is 5.43. The van der Waals surface area contributed by atoms with Crippen LogP contribution in [0.2, 0.25) is 0 Å². The van der Waals surface area contributed by atoms with E-state index >= 15 is 0 Å². The van der Waals surface area contributed by atoms with E-state index in [1.165, 1.54) is 79.4 Å². The molecule has 0 amide bonds. The maximum atomic E-state index is 5.13. The molecule has 2 aliphatic carbocycles. The molecule has 126 valence electrons. The molecule has 4 heteroatoms. The van der Waals surface area contributed by atoms with Crippen molar-refractivity contribution in [1.82, 2.24) is 4.98 Å². The van der Waals surface area contributed by atoms with Crippen LogP contribution in [0.3, 0.4) is 0 Å². The van der Waals surface area contributed by atoms with Crippen molar-refractivity contribution in [2.45, 2.75) is 76.0 Å². The predicted octanol–water partition coefficient (Wildman–Crippen LogP) is 6.18. The van der Waals surface area contributed by atoms with Gasteiger partial charge in [-0.3, -0.25) is 5.14 Å². The highest BCUT2D eigenvalue weighted by Crippen LogP contribution is 2.41. The number of aromatic nitrogens is 1. The number of thiazole rings is 1. The van der Waals surface area contributed by atoms with Gasteiger partial charge in [-0.25, -0.2) is 4.98 Å². The first kappa shape index (κ1) is 17.2. The highest BCUT2D eigenvalue weighted by Gasteiger charge is 2.22. The van der Waals surface area contributed by atoms with Gasteiger partial charge in [-0.15, -0.1) is 24.2 Å². The average molecular weight is 349 g/mol. The number of hydrogen-bond donors (Lipinski definition) is 2. The molecule has 2 aromatic rings. The van der Waals surface area contributed by atoms with E-state index in [0.717, 1.165) is 11.8 Å². The van der Waals surface area contributed by atoms with Gasteiger partial charge in [0.15, 0.2) is 0 Å². The number of benzene rings is 1. The van der Waals surface area contributed by atoms with Crippen molar-refractivity contribution in [1.29, 1.82) is 0 Å². The molecule has 0 saturated heterocycles. The summed E-state index contributed by atoms with van der Waals surface area (Å²) in [6.07, 6.45) is 13.9. The summed E-state index contributed by atoms with van der Waals surface area (Å²) < 4.78 is 1.43. The topological polar surface area (TPSA) is 38.9 Å². The average Bonchev–Trinajstić information content (AvgIpc) is 3.09. The molecule has 0 atom stereocenters. The summed E-state index contributed by atoms with van der Waals surface area (Å²) in [4.78, 5) is 5.13. The summed E-state index contributed by atoms with van der Waals surface area (Å²) in [6.45, 7) is 0. The van der Waals surface area contributed by atoms with Crippen LogP contribution in [-0.4, -0.2) is 4.98 Å². The van der Waals surface area contributed by atoms with Crippen molar-refractivity contribution in [3.63, 3.8) is 0 Å². The minimum atomic E-state index is 0.746. The molecular weight excluding hydrogens is 320 g/mol. The lowest BCUT2D eigenvalue weighted by atomic mass is 9.83. The second kappa shape index (κ2) is 8.50. The van der Waals surface area contributed by atoms with E-state index in [-0.39, 0.29) is 0 Å². The Balaban J connectivity index is 0.000000753. The smallest absolute Gasteiger partial charge is 0.0969 e. The highest BCUT2D eigenvalue weighted by molar-refractivity contribution is 7.77. The van der Waals surface area contributed by atoms with Gasteiger partial charge in [-0.1, -0.05) is 50.7 Å². The fraction of sp³-hybridized carbons (Fsp3) is 0.632. The first-order chi connectivity index (χ1) is 11.4. The van der Waals surface area contributed by atoms with Gasteiger partial charge < -0.3 is 0 Å². The van der Waals surface area contributed by atoms with E-state index in [2.05, 4.69) is 36.2 Å². The summed E-state index contributed by atoms with van der Waals surface area (Å²) in [5, 5.41) is 5.62. The quantitative estimate of drug-likeness (QED) is 0.636. The van der Waals surface area contributed by atoms with Crippen molar-refractivity contribution in [2.75, 3.05) is 0 Å². The second-order valence-corrected chi connectivity index (χ2v) is 7.98. The van der Waals surface area contributed by atoms with Gasteiger partial charge in [0.05, 0.1) is 15.2 Å². The number of fused-ring (bicyclic) bond motifs is 1. The molecule has 0 aliphatic heterocycles. The van der Waals surface area contributed by atoms with Crippen LogP contribution in [0.5, 0.6) is 0 Å². The van der Waals surface area contributed by atoms with E-state index < -0.39 is 0 Å². The molecule has 2 N–H and O–H groups in total. The molecule has 0 spiro atoms. The summed E-state index contributed by atoms with van der Waals surface area (Å²) in [5.74, 6) is 1.51. The standard InChI is InChI=1S/C19H25NS.H3NS/c1-3-8-14(9-4-1)16-12-7-13-17-18(16)20-19(21-17)15-10-5-2-6-11-15;1-2/h7,12-15H,1-6,8-11H2;2H,1H2. The zero-order valence-electron chi connectivity index (χ0n) is 13.8. The largest absolute Gasteiger partial charge is 0.281 e. The van der Waals surface area contributed by atoms with Gasteiger partial charge in [0.1, 0.15) is 0 Å². The molecular formula is C19H28N2S2. The Morgan fingerprint density at radius 2 is 1.48 bits per heavy atom. The zero-order chi connectivity index (χ0) is 16.1. The van der Waals surface area contributed by atoms with Gasteiger partial charge in [0.25, 0.3) is 0 Å². The van der Waals surface area contributed by atoms with Crippen molar-refractivity contribution >= 4 is 34.4 Å². The molecule has 2 aliphatic rings. The van der Waals surface area contributed by atoms with Gasteiger partial charge >= 0.3 is 0 Å². The Kier molecular flexibility index (Phi) is 6.37. The predicted molar refractivity (Wildman–Crippen MR) is 104 cm³/mol. The Morgan fingerprint density at radius 3 is 2.13 bits per heavy atom. The van der Waals surface area contributed by atoms with E-state index in [1.54, 1.807) is 5.56 Å². The zero-order valence-corrected chi connectivity index (χ0v) is 15.5. The fourth-order valence-electron chi connectivity index (χ4n) is 4.25. The molecule has 1 heterocycles. The van der Waals surface area contributed by atoms with Crippen LogP contribution in [0.15, 0.2) is 18.2 Å². The van der Waals surface area contributed by atoms with Gasteiger partial charge in [0, 0.05) is 5.92 Å². The van der Waals surface area contributed by atoms with E-state index in [0.29, 0.717) is 0 Å². The van der Waals surface area contributed by atoms with Gasteiger partial charge in [-0.05, 0) is 43.2 Å². The Labute approximate surface area is 149 Å². The third kappa shape index (κ3) is 3.92. The van der Waals surface area contributed by atoms with Crippen LogP contribution in [0.25, 0.3) is 10.2 Å². The molecule has 4 rings (SSSR count). The number of rotatable bonds is 2. The van der Waals surface area contributed by atoms with E-state index in [1.807, 2.05) is 11.3 Å². The third-order valence-corrected chi connectivity index (χ3v) is 6.65. The lowest BCUT2D eigenvalue weighted by Gasteiger charge is -2.22. The summed E-state index contributed by atoms with van der Waals surface area (Å²) in [7, 11) is 0. The summed E-state index contributed by atoms with van der Waals surface area (Å²) in [6, 6.07) is 6.89. The normalized spacial score (nSPS) is 20.3. The van der Waals surface area contributed by atoms with Crippen LogP contribution in [0.4, 0.5) is 0 Å². The molecule has 0 radical (unpaired) electrons. The molecule has 1 aromatic carbocycles. The minimum Gasteiger partial charge on any atom is -0.281 e. The second-order valence-electron chi connectivity index (χ2n) is 6.92. The molecule has 0 unspecified atom stereocenters. The monoisotopic (exact) mass is 348 g/mol. The molecule has 2 fully saturated rings. The highest BCUT2D eigenvalue weighted by atomic mass is 32.1.